The lowest BCUT2D eigenvalue weighted by molar-refractivity contribution is 0.866. The van der Waals surface area contributed by atoms with Gasteiger partial charge in [-0.05, 0) is 0 Å². The van der Waals surface area contributed by atoms with E-state index in [9.17, 15) is 0 Å². The van der Waals surface area contributed by atoms with E-state index in [0.29, 0.717) is 0 Å². The molecule has 0 aromatic carbocycles. The Bertz CT molecular complexity index is 365. The van der Waals surface area contributed by atoms with Crippen molar-refractivity contribution in [2.75, 3.05) is 0 Å². The Morgan fingerprint density at radius 1 is 1.45 bits per heavy atom. The summed E-state index contributed by atoms with van der Waals surface area (Å²) >= 11 is 0. The van der Waals surface area contributed by atoms with E-state index in [0.717, 1.165) is 17.9 Å². The molecule has 56 valence electrons. The summed E-state index contributed by atoms with van der Waals surface area (Å²) in [6.07, 6.45) is 5.92. The molecule has 4 heteroatoms. The van der Waals surface area contributed by atoms with Crippen LogP contribution in [0.15, 0.2) is 18.9 Å². The largest absolute Gasteiger partial charge is 0.271 e. The van der Waals surface area contributed by atoms with Gasteiger partial charge in [0.2, 0.25) is 0 Å². The van der Waals surface area contributed by atoms with E-state index in [-0.39, 0.29) is 0 Å². The normalized spacial score (nSPS) is 10.6. The van der Waals surface area contributed by atoms with Gasteiger partial charge in [-0.25, -0.2) is 15.0 Å². The van der Waals surface area contributed by atoms with Crippen LogP contribution < -0.4 is 0 Å². The van der Waals surface area contributed by atoms with Gasteiger partial charge in [-0.3, -0.25) is 4.40 Å². The van der Waals surface area contributed by atoms with Crippen molar-refractivity contribution in [2.24, 2.45) is 0 Å². The van der Waals surface area contributed by atoms with Gasteiger partial charge < -0.3 is 0 Å². The maximum absolute atomic E-state index is 4.11. The van der Waals surface area contributed by atoms with Crippen molar-refractivity contribution >= 4 is 5.65 Å². The smallest absolute Gasteiger partial charge is 0.159 e. The van der Waals surface area contributed by atoms with Crippen molar-refractivity contribution in [3.63, 3.8) is 0 Å². The summed E-state index contributed by atoms with van der Waals surface area (Å²) in [6.45, 7) is 2.06. The minimum atomic E-state index is 0.858. The average molecular weight is 148 g/mol. The molecule has 0 atom stereocenters. The molecule has 0 aliphatic rings. The van der Waals surface area contributed by atoms with E-state index in [1.165, 1.54) is 0 Å². The molecule has 0 unspecified atom stereocenters. The number of hydrogen-bond donors (Lipinski definition) is 0. The molecule has 0 spiro atoms. The van der Waals surface area contributed by atoms with Crippen LogP contribution in [0.2, 0.25) is 0 Å². The summed E-state index contributed by atoms with van der Waals surface area (Å²) in [5.41, 5.74) is 0.858. The second kappa shape index (κ2) is 2.30. The molecule has 0 saturated heterocycles. The monoisotopic (exact) mass is 148 g/mol. The second-order valence-corrected chi connectivity index (χ2v) is 2.27. The summed E-state index contributed by atoms with van der Waals surface area (Å²) in [4.78, 5) is 12.1. The van der Waals surface area contributed by atoms with E-state index in [1.807, 2.05) is 4.40 Å². The predicted octanol–water partition coefficient (Wildman–Crippen LogP) is 0.687. The highest BCUT2D eigenvalue weighted by Crippen LogP contribution is 1.99. The maximum Gasteiger partial charge on any atom is 0.159 e. The van der Waals surface area contributed by atoms with Crippen LogP contribution in [-0.2, 0) is 6.42 Å². The molecule has 11 heavy (non-hydrogen) atoms. The van der Waals surface area contributed by atoms with E-state index >= 15 is 0 Å². The van der Waals surface area contributed by atoms with Crippen LogP contribution in [0.4, 0.5) is 0 Å². The predicted molar refractivity (Wildman–Crippen MR) is 40.2 cm³/mol. The topological polar surface area (TPSA) is 43.1 Å². The first-order chi connectivity index (χ1) is 5.42. The lowest BCUT2D eigenvalue weighted by Crippen LogP contribution is -1.98. The molecule has 0 saturated carbocycles. The zero-order valence-electron chi connectivity index (χ0n) is 6.23. The van der Waals surface area contributed by atoms with Gasteiger partial charge in [0, 0.05) is 6.42 Å². The Morgan fingerprint density at radius 2 is 2.36 bits per heavy atom. The van der Waals surface area contributed by atoms with Crippen molar-refractivity contribution in [3.05, 3.63) is 24.7 Å². The van der Waals surface area contributed by atoms with Crippen molar-refractivity contribution < 1.29 is 0 Å². The molecule has 2 aromatic heterocycles. The minimum absolute atomic E-state index is 0.858. The van der Waals surface area contributed by atoms with Gasteiger partial charge in [-0.2, -0.15) is 0 Å². The fourth-order valence-electron chi connectivity index (χ4n) is 1.06. The molecular formula is C7H8N4. The number of nitrogens with zero attached hydrogens (tertiary/aromatic N) is 4. The van der Waals surface area contributed by atoms with E-state index in [1.54, 1.807) is 18.9 Å². The molecule has 0 N–H and O–H groups in total. The number of imidazole rings is 1. The summed E-state index contributed by atoms with van der Waals surface area (Å²) in [5, 5.41) is 0. The number of aryl methyl sites for hydroxylation is 1. The molecule has 4 nitrogen and oxygen atoms in total. The Hall–Kier alpha value is -1.45. The lowest BCUT2D eigenvalue weighted by atomic mass is 10.4. The highest BCUT2D eigenvalue weighted by Gasteiger charge is 1.98. The third kappa shape index (κ3) is 0.869. The van der Waals surface area contributed by atoms with Crippen LogP contribution in [0.3, 0.4) is 0 Å². The molecule has 0 aliphatic heterocycles. The van der Waals surface area contributed by atoms with Gasteiger partial charge >= 0.3 is 0 Å². The Labute approximate surface area is 63.9 Å². The fourth-order valence-corrected chi connectivity index (χ4v) is 1.06. The lowest BCUT2D eigenvalue weighted by Gasteiger charge is -1.97. The quantitative estimate of drug-likeness (QED) is 0.597. The summed E-state index contributed by atoms with van der Waals surface area (Å²) in [5.74, 6) is 0.993. The minimum Gasteiger partial charge on any atom is -0.271 e. The third-order valence-electron chi connectivity index (χ3n) is 1.61. The second-order valence-electron chi connectivity index (χ2n) is 2.27. The van der Waals surface area contributed by atoms with Gasteiger partial charge in [-0.15, -0.1) is 0 Å². The van der Waals surface area contributed by atoms with Crippen molar-refractivity contribution in [3.8, 4) is 0 Å². The first-order valence-corrected chi connectivity index (χ1v) is 3.53. The summed E-state index contributed by atoms with van der Waals surface area (Å²) in [6, 6.07) is 0. The zero-order valence-corrected chi connectivity index (χ0v) is 6.23. The zero-order chi connectivity index (χ0) is 7.68. The van der Waals surface area contributed by atoms with Crippen molar-refractivity contribution in [1.82, 2.24) is 19.4 Å². The number of hydrogen-bond acceptors (Lipinski definition) is 3. The summed E-state index contributed by atoms with van der Waals surface area (Å²) in [7, 11) is 0. The Balaban J connectivity index is 2.79. The third-order valence-corrected chi connectivity index (χ3v) is 1.61. The Kier molecular flexibility index (Phi) is 1.31. The van der Waals surface area contributed by atoms with Gasteiger partial charge in [0.15, 0.2) is 5.65 Å². The molecule has 0 bridgehead atoms. The highest BCUT2D eigenvalue weighted by molar-refractivity contribution is 5.33. The van der Waals surface area contributed by atoms with Crippen LogP contribution in [0.1, 0.15) is 12.7 Å². The van der Waals surface area contributed by atoms with Crippen molar-refractivity contribution in [2.45, 2.75) is 13.3 Å². The maximum atomic E-state index is 4.11. The van der Waals surface area contributed by atoms with Gasteiger partial charge in [0.25, 0.3) is 0 Å². The summed E-state index contributed by atoms with van der Waals surface area (Å²) < 4.78 is 1.89. The number of rotatable bonds is 1. The van der Waals surface area contributed by atoms with Crippen LogP contribution in [0.5, 0.6) is 0 Å². The molecule has 0 radical (unpaired) electrons. The first-order valence-electron chi connectivity index (χ1n) is 3.53. The molecule has 0 aliphatic carbocycles. The Morgan fingerprint density at radius 3 is 3.18 bits per heavy atom. The molecular weight excluding hydrogens is 140 g/mol. The molecule has 0 amide bonds. The molecule has 2 aromatic rings. The molecule has 2 heterocycles. The first kappa shape index (κ1) is 6.27. The fraction of sp³-hybridized carbons (Fsp3) is 0.286. The standard InChI is InChI=1S/C7H8N4/c1-2-6-9-4-10-7-3-8-5-11(6)7/h3-5H,2H2,1H3. The average Bonchev–Trinajstić information content (AvgIpc) is 2.50. The van der Waals surface area contributed by atoms with E-state index < -0.39 is 0 Å². The van der Waals surface area contributed by atoms with Crippen molar-refractivity contribution in [1.29, 1.82) is 0 Å². The number of aromatic nitrogens is 4. The van der Waals surface area contributed by atoms with E-state index in [2.05, 4.69) is 21.9 Å². The molecule has 2 rings (SSSR count). The van der Waals surface area contributed by atoms with Crippen LogP contribution in [0, 0.1) is 0 Å². The van der Waals surface area contributed by atoms with Crippen LogP contribution in [-0.4, -0.2) is 19.4 Å². The van der Waals surface area contributed by atoms with Gasteiger partial charge in [-0.1, -0.05) is 6.92 Å². The van der Waals surface area contributed by atoms with E-state index in [4.69, 9.17) is 0 Å². The highest BCUT2D eigenvalue weighted by atomic mass is 15.1. The van der Waals surface area contributed by atoms with Crippen LogP contribution in [0.25, 0.3) is 5.65 Å². The van der Waals surface area contributed by atoms with Crippen LogP contribution >= 0.6 is 0 Å². The number of fused-ring (bicyclic) bond motifs is 1. The van der Waals surface area contributed by atoms with Gasteiger partial charge in [0.05, 0.1) is 6.20 Å². The molecule has 0 fully saturated rings. The van der Waals surface area contributed by atoms with Gasteiger partial charge in [0.1, 0.15) is 18.5 Å². The SMILES string of the molecule is CCc1ncnc2cncn12.